The standard InChI is InChI=1S/C16H22N4O/c1-12-15(11-20(4)18-12)9-17-16-8-6-5-7-14(16)10-19(3)13(2)21/h5-8,11,17H,9-10H2,1-4H3. The van der Waals surface area contributed by atoms with Gasteiger partial charge in [0.15, 0.2) is 0 Å². The molecule has 1 N–H and O–H groups in total. The molecule has 5 nitrogen and oxygen atoms in total. The Hall–Kier alpha value is -2.30. The van der Waals surface area contributed by atoms with Gasteiger partial charge in [0, 0.05) is 51.6 Å². The van der Waals surface area contributed by atoms with Gasteiger partial charge in [-0.1, -0.05) is 18.2 Å². The first-order chi connectivity index (χ1) is 9.97. The fourth-order valence-corrected chi connectivity index (χ4v) is 2.21. The molecule has 0 radical (unpaired) electrons. The van der Waals surface area contributed by atoms with Crippen molar-refractivity contribution in [2.24, 2.45) is 7.05 Å². The van der Waals surface area contributed by atoms with E-state index in [-0.39, 0.29) is 5.91 Å². The van der Waals surface area contributed by atoms with Gasteiger partial charge in [-0.2, -0.15) is 5.10 Å². The molecule has 1 aromatic heterocycles. The van der Waals surface area contributed by atoms with E-state index in [0.717, 1.165) is 23.5 Å². The first-order valence-electron chi connectivity index (χ1n) is 7.00. The van der Waals surface area contributed by atoms with E-state index in [1.807, 2.05) is 56.2 Å². The van der Waals surface area contributed by atoms with E-state index < -0.39 is 0 Å². The molecule has 21 heavy (non-hydrogen) atoms. The summed E-state index contributed by atoms with van der Waals surface area (Å²) >= 11 is 0. The minimum Gasteiger partial charge on any atom is -0.381 e. The quantitative estimate of drug-likeness (QED) is 0.917. The summed E-state index contributed by atoms with van der Waals surface area (Å²) < 4.78 is 1.82. The molecule has 1 aromatic carbocycles. The second kappa shape index (κ2) is 6.43. The number of aryl methyl sites for hydroxylation is 2. The summed E-state index contributed by atoms with van der Waals surface area (Å²) in [6.45, 7) is 4.91. The SMILES string of the molecule is CC(=O)N(C)Cc1ccccc1NCc1cn(C)nc1C. The molecule has 0 aliphatic rings. The zero-order valence-electron chi connectivity index (χ0n) is 13.1. The lowest BCUT2D eigenvalue weighted by molar-refractivity contribution is -0.128. The highest BCUT2D eigenvalue weighted by Crippen LogP contribution is 2.18. The number of hydrogen-bond donors (Lipinski definition) is 1. The van der Waals surface area contributed by atoms with Crippen molar-refractivity contribution in [3.05, 3.63) is 47.3 Å². The van der Waals surface area contributed by atoms with Gasteiger partial charge in [0.05, 0.1) is 5.69 Å². The average molecular weight is 286 g/mol. The van der Waals surface area contributed by atoms with E-state index in [1.165, 1.54) is 5.56 Å². The maximum atomic E-state index is 11.4. The molecule has 2 aromatic rings. The molecule has 2 rings (SSSR count). The summed E-state index contributed by atoms with van der Waals surface area (Å²) in [6, 6.07) is 8.06. The normalized spacial score (nSPS) is 10.5. The Kier molecular flexibility index (Phi) is 4.62. The maximum absolute atomic E-state index is 11.4. The number of hydrogen-bond acceptors (Lipinski definition) is 3. The number of para-hydroxylation sites is 1. The van der Waals surface area contributed by atoms with E-state index in [9.17, 15) is 4.79 Å². The van der Waals surface area contributed by atoms with Gasteiger partial charge in [-0.3, -0.25) is 9.48 Å². The van der Waals surface area contributed by atoms with E-state index in [0.29, 0.717) is 6.54 Å². The summed E-state index contributed by atoms with van der Waals surface area (Å²) in [5.74, 6) is 0.0629. The van der Waals surface area contributed by atoms with Crippen molar-refractivity contribution < 1.29 is 4.79 Å². The van der Waals surface area contributed by atoms with Crippen molar-refractivity contribution in [3.63, 3.8) is 0 Å². The number of amides is 1. The fourth-order valence-electron chi connectivity index (χ4n) is 2.21. The molecule has 0 aliphatic carbocycles. The number of carbonyl (C=O) groups is 1. The highest BCUT2D eigenvalue weighted by molar-refractivity contribution is 5.73. The molecule has 0 fully saturated rings. The number of rotatable bonds is 5. The molecule has 0 unspecified atom stereocenters. The Bertz CT molecular complexity index is 633. The molecule has 0 saturated carbocycles. The van der Waals surface area contributed by atoms with Gasteiger partial charge < -0.3 is 10.2 Å². The monoisotopic (exact) mass is 286 g/mol. The van der Waals surface area contributed by atoms with Crippen LogP contribution in [0.3, 0.4) is 0 Å². The second-order valence-electron chi connectivity index (χ2n) is 5.30. The van der Waals surface area contributed by atoms with Crippen molar-refractivity contribution in [2.45, 2.75) is 26.9 Å². The first-order valence-corrected chi connectivity index (χ1v) is 7.00. The van der Waals surface area contributed by atoms with Crippen molar-refractivity contribution in [3.8, 4) is 0 Å². The van der Waals surface area contributed by atoms with Crippen LogP contribution in [0.4, 0.5) is 5.69 Å². The summed E-state index contributed by atoms with van der Waals surface area (Å²) in [4.78, 5) is 13.1. The summed E-state index contributed by atoms with van der Waals surface area (Å²) in [5.41, 5.74) is 4.36. The van der Waals surface area contributed by atoms with E-state index in [2.05, 4.69) is 10.4 Å². The molecule has 5 heteroatoms. The third-order valence-electron chi connectivity index (χ3n) is 3.55. The molecule has 1 heterocycles. The predicted octanol–water partition coefficient (Wildman–Crippen LogP) is 2.32. The summed E-state index contributed by atoms with van der Waals surface area (Å²) in [7, 11) is 3.73. The third kappa shape index (κ3) is 3.84. The van der Waals surface area contributed by atoms with Crippen LogP contribution in [-0.2, 0) is 24.9 Å². The lowest BCUT2D eigenvalue weighted by atomic mass is 10.1. The van der Waals surface area contributed by atoms with Crippen LogP contribution in [0.1, 0.15) is 23.7 Å². The fraction of sp³-hybridized carbons (Fsp3) is 0.375. The number of nitrogens with one attached hydrogen (secondary N) is 1. The van der Waals surface area contributed by atoms with Gasteiger partial charge in [-0.05, 0) is 18.6 Å². The Balaban J connectivity index is 2.09. The van der Waals surface area contributed by atoms with Gasteiger partial charge in [0.1, 0.15) is 0 Å². The lowest BCUT2D eigenvalue weighted by Crippen LogP contribution is -2.23. The number of anilines is 1. The first kappa shape index (κ1) is 15.1. The van der Waals surface area contributed by atoms with Gasteiger partial charge >= 0.3 is 0 Å². The van der Waals surface area contributed by atoms with Crippen molar-refractivity contribution in [1.29, 1.82) is 0 Å². The largest absolute Gasteiger partial charge is 0.381 e. The molecule has 0 aliphatic heterocycles. The molecule has 112 valence electrons. The Morgan fingerprint density at radius 3 is 2.67 bits per heavy atom. The average Bonchev–Trinajstić information content (AvgIpc) is 2.76. The van der Waals surface area contributed by atoms with Crippen LogP contribution >= 0.6 is 0 Å². The molecular weight excluding hydrogens is 264 g/mol. The van der Waals surface area contributed by atoms with Crippen molar-refractivity contribution in [1.82, 2.24) is 14.7 Å². The molecule has 0 bridgehead atoms. The molecule has 0 atom stereocenters. The van der Waals surface area contributed by atoms with E-state index in [1.54, 1.807) is 11.8 Å². The Morgan fingerprint density at radius 2 is 2.05 bits per heavy atom. The van der Waals surface area contributed by atoms with Crippen LogP contribution in [-0.4, -0.2) is 27.6 Å². The van der Waals surface area contributed by atoms with Crippen LogP contribution in [0.25, 0.3) is 0 Å². The summed E-state index contributed by atoms with van der Waals surface area (Å²) in [6.07, 6.45) is 2.02. The van der Waals surface area contributed by atoms with Crippen molar-refractivity contribution in [2.75, 3.05) is 12.4 Å². The van der Waals surface area contributed by atoms with E-state index >= 15 is 0 Å². The second-order valence-corrected chi connectivity index (χ2v) is 5.30. The topological polar surface area (TPSA) is 50.2 Å². The molecule has 0 spiro atoms. The summed E-state index contributed by atoms with van der Waals surface area (Å²) in [5, 5.41) is 7.78. The van der Waals surface area contributed by atoms with Gasteiger partial charge in [0.25, 0.3) is 0 Å². The minimum absolute atomic E-state index is 0.0629. The van der Waals surface area contributed by atoms with Crippen LogP contribution in [0.15, 0.2) is 30.5 Å². The number of aromatic nitrogens is 2. The highest BCUT2D eigenvalue weighted by Gasteiger charge is 2.08. The van der Waals surface area contributed by atoms with Gasteiger partial charge in [-0.25, -0.2) is 0 Å². The zero-order valence-corrected chi connectivity index (χ0v) is 13.1. The Morgan fingerprint density at radius 1 is 1.33 bits per heavy atom. The van der Waals surface area contributed by atoms with Crippen molar-refractivity contribution >= 4 is 11.6 Å². The van der Waals surface area contributed by atoms with Crippen LogP contribution in [0, 0.1) is 6.92 Å². The number of nitrogens with zero attached hydrogens (tertiary/aromatic N) is 3. The smallest absolute Gasteiger partial charge is 0.219 e. The van der Waals surface area contributed by atoms with E-state index in [4.69, 9.17) is 0 Å². The van der Waals surface area contributed by atoms with Gasteiger partial charge in [-0.15, -0.1) is 0 Å². The minimum atomic E-state index is 0.0629. The lowest BCUT2D eigenvalue weighted by Gasteiger charge is -2.18. The third-order valence-corrected chi connectivity index (χ3v) is 3.55. The molecular formula is C16H22N4O. The zero-order chi connectivity index (χ0) is 15.4. The maximum Gasteiger partial charge on any atom is 0.219 e. The van der Waals surface area contributed by atoms with Crippen LogP contribution in [0.2, 0.25) is 0 Å². The van der Waals surface area contributed by atoms with Crippen LogP contribution < -0.4 is 5.32 Å². The Labute approximate surface area is 125 Å². The highest BCUT2D eigenvalue weighted by atomic mass is 16.2. The number of benzene rings is 1. The number of carbonyl (C=O) groups excluding carboxylic acids is 1. The van der Waals surface area contributed by atoms with Crippen LogP contribution in [0.5, 0.6) is 0 Å². The predicted molar refractivity (Wildman–Crippen MR) is 83.9 cm³/mol. The van der Waals surface area contributed by atoms with Gasteiger partial charge in [0.2, 0.25) is 5.91 Å². The molecule has 1 amide bonds. The molecule has 0 saturated heterocycles.